The summed E-state index contributed by atoms with van der Waals surface area (Å²) in [5, 5.41) is 2.64. The van der Waals surface area contributed by atoms with Gasteiger partial charge in [0.1, 0.15) is 6.54 Å². The van der Waals surface area contributed by atoms with Gasteiger partial charge in [0.2, 0.25) is 15.9 Å². The fraction of sp³-hybridized carbons (Fsp3) is 0.368. The van der Waals surface area contributed by atoms with Gasteiger partial charge in [0.25, 0.3) is 5.56 Å². The van der Waals surface area contributed by atoms with Gasteiger partial charge in [0.05, 0.1) is 11.2 Å². The molecule has 0 radical (unpaired) electrons. The fourth-order valence-corrected chi connectivity index (χ4v) is 4.52. The van der Waals surface area contributed by atoms with Crippen molar-refractivity contribution in [2.45, 2.75) is 36.9 Å². The Kier molecular flexibility index (Phi) is 5.27. The van der Waals surface area contributed by atoms with Crippen LogP contribution in [-0.2, 0) is 42.0 Å². The number of carbonyl (C=O) groups excluding carboxylic acids is 1. The highest BCUT2D eigenvalue weighted by atomic mass is 32.2. The van der Waals surface area contributed by atoms with E-state index in [4.69, 9.17) is 0 Å². The van der Waals surface area contributed by atoms with Crippen molar-refractivity contribution in [3.8, 4) is 0 Å². The Labute approximate surface area is 177 Å². The lowest BCUT2D eigenvalue weighted by molar-refractivity contribution is -0.121. The molecular formula is C19H22N6O5S. The van der Waals surface area contributed by atoms with Gasteiger partial charge in [0.15, 0.2) is 11.2 Å². The molecule has 0 bridgehead atoms. The topological polar surface area (TPSA) is 137 Å². The molecule has 1 fully saturated rings. The van der Waals surface area contributed by atoms with Crippen LogP contribution in [-0.4, -0.2) is 39.1 Å². The molecule has 11 nitrogen and oxygen atoms in total. The molecule has 1 aliphatic carbocycles. The van der Waals surface area contributed by atoms with Gasteiger partial charge in [-0.2, -0.15) is 0 Å². The van der Waals surface area contributed by atoms with Crippen molar-refractivity contribution in [1.82, 2.24) is 28.7 Å². The van der Waals surface area contributed by atoms with Gasteiger partial charge in [-0.15, -0.1) is 0 Å². The van der Waals surface area contributed by atoms with E-state index in [0.717, 1.165) is 17.4 Å². The van der Waals surface area contributed by atoms with E-state index in [9.17, 15) is 22.8 Å². The lowest BCUT2D eigenvalue weighted by atomic mass is 10.2. The quantitative estimate of drug-likeness (QED) is 0.487. The number of imidazole rings is 1. The monoisotopic (exact) mass is 446 g/mol. The molecular weight excluding hydrogens is 424 g/mol. The number of rotatable bonds is 7. The standard InChI is InChI=1S/C19H22N6O5S/c1-23-11-21-17-16(23)18(27)25(19(28)24(17)2)10-15(26)20-9-12-3-7-14(8-4-12)31(29,30)22-13-5-6-13/h3-4,7-8,11,13,22H,5-6,9-10H2,1-2H3,(H,20,26). The Morgan fingerprint density at radius 1 is 1.16 bits per heavy atom. The molecule has 1 aromatic carbocycles. The number of aromatic nitrogens is 4. The second-order valence-electron chi connectivity index (χ2n) is 7.58. The van der Waals surface area contributed by atoms with E-state index in [1.54, 1.807) is 19.2 Å². The minimum atomic E-state index is -3.54. The molecule has 31 heavy (non-hydrogen) atoms. The van der Waals surface area contributed by atoms with E-state index >= 15 is 0 Å². The average Bonchev–Trinajstić information content (AvgIpc) is 3.45. The summed E-state index contributed by atoms with van der Waals surface area (Å²) in [6.45, 7) is -0.317. The number of aryl methyl sites for hydroxylation is 2. The third-order valence-electron chi connectivity index (χ3n) is 5.13. The molecule has 0 atom stereocenters. The summed E-state index contributed by atoms with van der Waals surface area (Å²) < 4.78 is 30.6. The lowest BCUT2D eigenvalue weighted by Gasteiger charge is -2.10. The van der Waals surface area contributed by atoms with Gasteiger partial charge in [-0.1, -0.05) is 12.1 Å². The molecule has 1 aliphatic rings. The van der Waals surface area contributed by atoms with Crippen LogP contribution in [0.25, 0.3) is 11.2 Å². The number of carbonyl (C=O) groups is 1. The van der Waals surface area contributed by atoms with Crippen LogP contribution in [0.4, 0.5) is 0 Å². The summed E-state index contributed by atoms with van der Waals surface area (Å²) in [6, 6.07) is 6.18. The number of sulfonamides is 1. The first-order chi connectivity index (χ1) is 14.7. The predicted octanol–water partition coefficient (Wildman–Crippen LogP) is -0.809. The van der Waals surface area contributed by atoms with Crippen molar-refractivity contribution < 1.29 is 13.2 Å². The molecule has 0 saturated heterocycles. The minimum absolute atomic E-state index is 0.0191. The van der Waals surface area contributed by atoms with Crippen molar-refractivity contribution in [2.75, 3.05) is 0 Å². The van der Waals surface area contributed by atoms with Crippen molar-refractivity contribution in [3.05, 3.63) is 57.0 Å². The van der Waals surface area contributed by atoms with Crippen LogP contribution < -0.4 is 21.3 Å². The molecule has 0 spiro atoms. The Balaban J connectivity index is 1.45. The highest BCUT2D eigenvalue weighted by molar-refractivity contribution is 7.89. The third-order valence-corrected chi connectivity index (χ3v) is 6.66. The largest absolute Gasteiger partial charge is 0.350 e. The van der Waals surface area contributed by atoms with Crippen molar-refractivity contribution in [3.63, 3.8) is 0 Å². The molecule has 1 amide bonds. The Morgan fingerprint density at radius 3 is 2.48 bits per heavy atom. The maximum atomic E-state index is 12.7. The molecule has 3 aromatic rings. The molecule has 12 heteroatoms. The van der Waals surface area contributed by atoms with Crippen molar-refractivity contribution in [1.29, 1.82) is 0 Å². The molecule has 4 rings (SSSR count). The predicted molar refractivity (Wildman–Crippen MR) is 112 cm³/mol. The smallest absolute Gasteiger partial charge is 0.332 e. The number of nitrogens with zero attached hydrogens (tertiary/aromatic N) is 4. The highest BCUT2D eigenvalue weighted by Crippen LogP contribution is 2.22. The molecule has 2 N–H and O–H groups in total. The number of fused-ring (bicyclic) bond motifs is 1. The Morgan fingerprint density at radius 2 is 1.84 bits per heavy atom. The minimum Gasteiger partial charge on any atom is -0.350 e. The van der Waals surface area contributed by atoms with Crippen LogP contribution >= 0.6 is 0 Å². The molecule has 1 saturated carbocycles. The summed E-state index contributed by atoms with van der Waals surface area (Å²) >= 11 is 0. The maximum absolute atomic E-state index is 12.7. The van der Waals surface area contributed by atoms with E-state index in [-0.39, 0.29) is 28.6 Å². The summed E-state index contributed by atoms with van der Waals surface area (Å²) in [6.07, 6.45) is 3.13. The molecule has 0 unspecified atom stereocenters. The van der Waals surface area contributed by atoms with E-state index in [0.29, 0.717) is 5.56 Å². The number of nitrogens with one attached hydrogen (secondary N) is 2. The maximum Gasteiger partial charge on any atom is 0.332 e. The van der Waals surface area contributed by atoms with Crippen LogP contribution in [0.2, 0.25) is 0 Å². The summed E-state index contributed by atoms with van der Waals surface area (Å²) in [5.74, 6) is -0.521. The van der Waals surface area contributed by atoms with Crippen LogP contribution in [0.5, 0.6) is 0 Å². The summed E-state index contributed by atoms with van der Waals surface area (Å²) in [4.78, 5) is 41.7. The van der Waals surface area contributed by atoms with Gasteiger partial charge in [-0.25, -0.2) is 27.5 Å². The van der Waals surface area contributed by atoms with E-state index < -0.39 is 33.7 Å². The molecule has 2 aromatic heterocycles. The highest BCUT2D eigenvalue weighted by Gasteiger charge is 2.27. The normalized spacial score (nSPS) is 14.1. The first kappa shape index (κ1) is 21.0. The van der Waals surface area contributed by atoms with Gasteiger partial charge in [-0.3, -0.25) is 14.2 Å². The third kappa shape index (κ3) is 4.16. The van der Waals surface area contributed by atoms with Crippen molar-refractivity contribution in [2.24, 2.45) is 14.1 Å². The number of hydrogen-bond donors (Lipinski definition) is 2. The number of amides is 1. The second kappa shape index (κ2) is 7.78. The van der Waals surface area contributed by atoms with E-state index in [2.05, 4.69) is 15.0 Å². The Hall–Kier alpha value is -3.25. The Bertz CT molecular complexity index is 1380. The van der Waals surface area contributed by atoms with Gasteiger partial charge in [0, 0.05) is 26.7 Å². The number of hydrogen-bond acceptors (Lipinski definition) is 6. The van der Waals surface area contributed by atoms with Crippen molar-refractivity contribution >= 4 is 27.1 Å². The molecule has 2 heterocycles. The van der Waals surface area contributed by atoms with Gasteiger partial charge in [-0.05, 0) is 30.5 Å². The number of benzene rings is 1. The SMILES string of the molecule is Cn1cnc2c1c(=O)n(CC(=O)NCc1ccc(S(=O)(=O)NC3CC3)cc1)c(=O)n2C. The fourth-order valence-electron chi connectivity index (χ4n) is 3.21. The first-order valence-corrected chi connectivity index (χ1v) is 11.1. The molecule has 164 valence electrons. The second-order valence-corrected chi connectivity index (χ2v) is 9.29. The van der Waals surface area contributed by atoms with Crippen LogP contribution in [0.3, 0.4) is 0 Å². The van der Waals surface area contributed by atoms with Crippen LogP contribution in [0, 0.1) is 0 Å². The lowest BCUT2D eigenvalue weighted by Crippen LogP contribution is -2.43. The zero-order chi connectivity index (χ0) is 22.3. The summed E-state index contributed by atoms with van der Waals surface area (Å²) in [7, 11) is -0.416. The van der Waals surface area contributed by atoms with E-state index in [1.807, 2.05) is 0 Å². The molecule has 0 aliphatic heterocycles. The van der Waals surface area contributed by atoms with Gasteiger partial charge < -0.3 is 9.88 Å². The average molecular weight is 446 g/mol. The van der Waals surface area contributed by atoms with Gasteiger partial charge >= 0.3 is 5.69 Å². The zero-order valence-electron chi connectivity index (χ0n) is 17.0. The summed E-state index contributed by atoms with van der Waals surface area (Å²) in [5.41, 5.74) is -0.0667. The van der Waals surface area contributed by atoms with Crippen LogP contribution in [0.1, 0.15) is 18.4 Å². The van der Waals surface area contributed by atoms with E-state index in [1.165, 1.54) is 34.6 Å². The first-order valence-electron chi connectivity index (χ1n) is 9.66. The van der Waals surface area contributed by atoms with Crippen LogP contribution in [0.15, 0.2) is 45.1 Å². The zero-order valence-corrected chi connectivity index (χ0v) is 17.8.